The lowest BCUT2D eigenvalue weighted by Crippen LogP contribution is -2.70. The fraction of sp³-hybridized carbons (Fsp3) is 0.615. The summed E-state index contributed by atoms with van der Waals surface area (Å²) >= 11 is 0. The molecule has 3 aromatic rings. The molecule has 2 aromatic heterocycles. The second-order valence-electron chi connectivity index (χ2n) is 15.3. The highest BCUT2D eigenvalue weighted by Crippen LogP contribution is 2.61. The van der Waals surface area contributed by atoms with Crippen molar-refractivity contribution in [1.29, 1.82) is 0 Å². The Labute approximate surface area is 333 Å². The summed E-state index contributed by atoms with van der Waals surface area (Å²) in [4.78, 5) is 11.9. The first-order valence-electron chi connectivity index (χ1n) is 19.1. The average molecular weight is 884 g/mol. The number of hydrogen-bond acceptors (Lipinski definition) is 4. The predicted octanol–water partition coefficient (Wildman–Crippen LogP) is 12.2. The minimum atomic E-state index is -8.16. The third-order valence-electron chi connectivity index (χ3n) is 10.6. The molecule has 1 aliphatic heterocycles. The second kappa shape index (κ2) is 18.2. The highest BCUT2D eigenvalue weighted by Gasteiger charge is 2.91. The first-order chi connectivity index (χ1) is 27.2. The zero-order valence-electron chi connectivity index (χ0n) is 32.3. The number of benzene rings is 1. The number of pyridine rings is 1. The third-order valence-corrected chi connectivity index (χ3v) is 12.5. The van der Waals surface area contributed by atoms with Gasteiger partial charge in [0.2, 0.25) is 0 Å². The number of nitrogens with zero attached hydrogens (tertiary/aromatic N) is 3. The molecule has 0 bridgehead atoms. The zero-order chi connectivity index (χ0) is 44.2. The zero-order valence-corrected chi connectivity index (χ0v) is 33.7. The van der Waals surface area contributed by atoms with Crippen LogP contribution in [0, 0.1) is 11.8 Å². The van der Waals surface area contributed by atoms with Crippen molar-refractivity contribution in [3.63, 3.8) is 0 Å². The molecule has 59 heavy (non-hydrogen) atoms. The lowest BCUT2D eigenvalue weighted by atomic mass is 9.90. The van der Waals surface area contributed by atoms with Crippen LogP contribution >= 0.6 is 0 Å². The second-order valence-corrected chi connectivity index (χ2v) is 17.3. The van der Waals surface area contributed by atoms with E-state index in [1.807, 2.05) is 24.3 Å². The molecular weight excluding hydrogens is 840 g/mol. The van der Waals surface area contributed by atoms with E-state index < -0.39 is 80.9 Å². The molecule has 0 radical (unpaired) electrons. The van der Waals surface area contributed by atoms with Gasteiger partial charge in [-0.05, 0) is 29.5 Å². The molecule has 20 heteroatoms. The van der Waals surface area contributed by atoms with Crippen LogP contribution in [0.1, 0.15) is 90.7 Å². The van der Waals surface area contributed by atoms with Crippen LogP contribution in [0.2, 0.25) is 6.04 Å². The molecule has 0 N–H and O–H groups in total. The van der Waals surface area contributed by atoms with Crippen molar-refractivity contribution in [2.75, 3.05) is 0 Å². The van der Waals surface area contributed by atoms with E-state index in [0.717, 1.165) is 41.6 Å². The number of ether oxygens (including phenoxy) is 1. The van der Waals surface area contributed by atoms with E-state index in [0.29, 0.717) is 17.5 Å². The summed E-state index contributed by atoms with van der Waals surface area (Å²) in [5, 5.41) is 1.13. The van der Waals surface area contributed by atoms with Crippen molar-refractivity contribution < 1.29 is 70.6 Å². The van der Waals surface area contributed by atoms with E-state index >= 15 is 8.78 Å². The maximum absolute atomic E-state index is 15.3. The van der Waals surface area contributed by atoms with Gasteiger partial charge in [0, 0.05) is 18.0 Å². The molecule has 3 atom stereocenters. The predicted molar refractivity (Wildman–Crippen MR) is 193 cm³/mol. The molecule has 3 heterocycles. The number of halogens is 15. The minimum absolute atomic E-state index is 0.279. The highest BCUT2D eigenvalue weighted by atomic mass is 28.2. The van der Waals surface area contributed by atoms with Crippen molar-refractivity contribution >= 4 is 14.7 Å². The van der Waals surface area contributed by atoms with Crippen LogP contribution in [0.5, 0.6) is 5.75 Å². The molecule has 0 aliphatic carbocycles. The van der Waals surface area contributed by atoms with Crippen LogP contribution in [0.25, 0.3) is 22.6 Å². The summed E-state index contributed by atoms with van der Waals surface area (Å²) in [7, 11) is -0.736. The molecule has 3 unspecified atom stereocenters. The average Bonchev–Trinajstić information content (AvgIpc) is 3.40. The molecule has 1 aliphatic rings. The largest absolute Gasteiger partial charge is 0.481 e. The number of fused-ring (bicyclic) bond motifs is 1. The summed E-state index contributed by atoms with van der Waals surface area (Å²) in [5.41, 5.74) is -0.496. The van der Waals surface area contributed by atoms with Crippen molar-refractivity contribution in [3.8, 4) is 28.4 Å². The molecule has 0 spiro atoms. The lowest BCUT2D eigenvalue weighted by Gasteiger charge is -2.40. The minimum Gasteiger partial charge on any atom is -0.481 e. The van der Waals surface area contributed by atoms with Crippen LogP contribution < -0.4 is 9.92 Å². The normalized spacial score (nSPS) is 17.6. The molecule has 1 aromatic carbocycles. The summed E-state index contributed by atoms with van der Waals surface area (Å²) in [6, 6.07) is 10.3. The quantitative estimate of drug-likeness (QED) is 0.0607. The molecule has 4 rings (SSSR count). The standard InChI is InChI=1S/C39H44F15N3OSi/c1-4-5-6-11-23(2)12-7-8-13-24(3)18-19-59-29-15-10-9-14-26(29)25-21-55-32(56-22-25)27-16-17-28-31(57-27)34(42,43)30(58-28)20-33(40,41)35(44,45)36(46,47)37(48,49)38(50,51)39(52,53)54/h9-10,14-17,21-24,30H,4-8,11-13,18-20,59H2,1-3H3. The van der Waals surface area contributed by atoms with Gasteiger partial charge < -0.3 is 4.74 Å². The molecule has 0 saturated heterocycles. The number of aromatic nitrogens is 3. The Bertz CT molecular complexity index is 1840. The Morgan fingerprint density at radius 1 is 0.695 bits per heavy atom. The Hall–Kier alpha value is -3.58. The topological polar surface area (TPSA) is 47.9 Å². The van der Waals surface area contributed by atoms with E-state index in [1.165, 1.54) is 57.3 Å². The van der Waals surface area contributed by atoms with Crippen molar-refractivity contribution in [2.24, 2.45) is 11.8 Å². The van der Waals surface area contributed by atoms with E-state index in [-0.39, 0.29) is 5.82 Å². The van der Waals surface area contributed by atoms with Crippen LogP contribution in [0.15, 0.2) is 48.8 Å². The lowest BCUT2D eigenvalue weighted by molar-refractivity contribution is -0.441. The maximum Gasteiger partial charge on any atom is 0.460 e. The Morgan fingerprint density at radius 2 is 1.24 bits per heavy atom. The van der Waals surface area contributed by atoms with Gasteiger partial charge in [-0.3, -0.25) is 0 Å². The molecule has 0 fully saturated rings. The summed E-state index contributed by atoms with van der Waals surface area (Å²) in [5.74, 6) is -43.6. The van der Waals surface area contributed by atoms with Gasteiger partial charge in [0.15, 0.2) is 17.6 Å². The van der Waals surface area contributed by atoms with E-state index in [9.17, 15) is 57.1 Å². The number of rotatable bonds is 21. The summed E-state index contributed by atoms with van der Waals surface area (Å²) < 4.78 is 212. The van der Waals surface area contributed by atoms with Crippen LogP contribution in [0.3, 0.4) is 0 Å². The van der Waals surface area contributed by atoms with Crippen LogP contribution in [0.4, 0.5) is 65.9 Å². The number of alkyl halides is 15. The third kappa shape index (κ3) is 9.98. The molecule has 330 valence electrons. The Kier molecular flexibility index (Phi) is 14.8. The van der Waals surface area contributed by atoms with E-state index in [4.69, 9.17) is 0 Å². The molecular formula is C39H44F15N3OSi. The Balaban J connectivity index is 1.42. The SMILES string of the molecule is CCCCCC(C)CCCCC(C)CC[SiH2]c1ccccc1-c1cnc(-c2ccc3c(n2)C(F)(F)C(CC(F)(F)C(F)(F)C(F)(F)C(F)(F)C(F)(F)C(F)(F)F)O3)nc1. The van der Waals surface area contributed by atoms with Gasteiger partial charge in [0.25, 0.3) is 0 Å². The maximum atomic E-state index is 15.3. The van der Waals surface area contributed by atoms with E-state index in [2.05, 4.69) is 40.5 Å². The molecule has 4 nitrogen and oxygen atoms in total. The fourth-order valence-corrected chi connectivity index (χ4v) is 9.07. The highest BCUT2D eigenvalue weighted by molar-refractivity contribution is 6.55. The monoisotopic (exact) mass is 883 g/mol. The van der Waals surface area contributed by atoms with Gasteiger partial charge in [-0.25, -0.2) is 15.0 Å². The summed E-state index contributed by atoms with van der Waals surface area (Å²) in [6.07, 6.45) is -0.702. The van der Waals surface area contributed by atoms with Gasteiger partial charge in [0.05, 0.1) is 15.9 Å². The molecule has 0 amide bonds. The van der Waals surface area contributed by atoms with Gasteiger partial charge >= 0.3 is 41.7 Å². The Morgan fingerprint density at radius 3 is 1.81 bits per heavy atom. The molecule has 0 saturated carbocycles. The summed E-state index contributed by atoms with van der Waals surface area (Å²) in [6.45, 7) is 6.77. The number of unbranched alkanes of at least 4 members (excludes halogenated alkanes) is 3. The van der Waals surface area contributed by atoms with Gasteiger partial charge in [-0.2, -0.15) is 65.9 Å². The van der Waals surface area contributed by atoms with Gasteiger partial charge in [0.1, 0.15) is 11.4 Å². The van der Waals surface area contributed by atoms with Crippen molar-refractivity contribution in [2.45, 2.75) is 139 Å². The van der Waals surface area contributed by atoms with Gasteiger partial charge in [-0.1, -0.05) is 114 Å². The first kappa shape index (κ1) is 48.1. The van der Waals surface area contributed by atoms with Crippen molar-refractivity contribution in [1.82, 2.24) is 15.0 Å². The van der Waals surface area contributed by atoms with Crippen LogP contribution in [-0.4, -0.2) is 66.4 Å². The van der Waals surface area contributed by atoms with Crippen molar-refractivity contribution in [3.05, 3.63) is 54.5 Å². The van der Waals surface area contributed by atoms with Crippen LogP contribution in [-0.2, 0) is 5.92 Å². The van der Waals surface area contributed by atoms with Gasteiger partial charge in [-0.15, -0.1) is 0 Å². The smallest absolute Gasteiger partial charge is 0.460 e. The number of hydrogen-bond donors (Lipinski definition) is 0. The van der Waals surface area contributed by atoms with E-state index in [1.54, 1.807) is 0 Å². The first-order valence-corrected chi connectivity index (χ1v) is 20.9. The fourth-order valence-electron chi connectivity index (χ4n) is 6.89.